The van der Waals surface area contributed by atoms with Crippen LogP contribution >= 0.6 is 0 Å². The topological polar surface area (TPSA) is 123 Å². The van der Waals surface area contributed by atoms with Crippen LogP contribution in [0.2, 0.25) is 0 Å². The number of rotatable bonds is 4. The molecule has 3 rings (SSSR count). The maximum Gasteiger partial charge on any atom is 0.424 e. The summed E-state index contributed by atoms with van der Waals surface area (Å²) in [5.41, 5.74) is -0.132. The number of imide groups is 1. The molecule has 198 valence electrons. The van der Waals surface area contributed by atoms with Crippen molar-refractivity contribution in [2.75, 3.05) is 22.9 Å². The molecule has 2 aromatic rings. The fourth-order valence-electron chi connectivity index (χ4n) is 4.50. The summed E-state index contributed by atoms with van der Waals surface area (Å²) in [6.45, 7) is 15.8. The van der Waals surface area contributed by atoms with E-state index in [-0.39, 0.29) is 24.5 Å². The molecule has 0 spiro atoms. The van der Waals surface area contributed by atoms with Crippen molar-refractivity contribution < 1.29 is 24.2 Å². The van der Waals surface area contributed by atoms with Crippen molar-refractivity contribution in [1.29, 1.82) is 0 Å². The van der Waals surface area contributed by atoms with E-state index < -0.39 is 23.4 Å². The van der Waals surface area contributed by atoms with Gasteiger partial charge in [0, 0.05) is 19.3 Å². The number of hydrogen-bond donors (Lipinski definition) is 1. The molecule has 0 aromatic carbocycles. The van der Waals surface area contributed by atoms with Crippen molar-refractivity contribution in [2.24, 2.45) is 11.8 Å². The smallest absolute Gasteiger partial charge is 0.424 e. The van der Waals surface area contributed by atoms with E-state index in [2.05, 4.69) is 34.0 Å². The number of piperidine rings is 1. The summed E-state index contributed by atoms with van der Waals surface area (Å²) >= 11 is 0. The number of hydrogen-bond acceptors (Lipinski definition) is 9. The van der Waals surface area contributed by atoms with E-state index in [0.717, 1.165) is 4.90 Å². The van der Waals surface area contributed by atoms with Crippen LogP contribution in [0.3, 0.4) is 0 Å². The minimum atomic E-state index is -0.832. The Kier molecular flexibility index (Phi) is 7.92. The van der Waals surface area contributed by atoms with Gasteiger partial charge in [0.2, 0.25) is 0 Å². The molecule has 1 aliphatic heterocycles. The molecule has 1 fully saturated rings. The summed E-state index contributed by atoms with van der Waals surface area (Å²) < 4.78 is 12.9. The van der Waals surface area contributed by atoms with E-state index in [1.165, 1.54) is 6.20 Å². The highest BCUT2D eigenvalue weighted by molar-refractivity contribution is 6.11. The third-order valence-electron chi connectivity index (χ3n) is 5.72. The minimum Gasteiger partial charge on any atom is -0.443 e. The van der Waals surface area contributed by atoms with Crippen molar-refractivity contribution in [3.05, 3.63) is 30.4 Å². The third kappa shape index (κ3) is 6.51. The number of ether oxygens (including phenoxy) is 2. The zero-order valence-corrected chi connectivity index (χ0v) is 22.4. The zero-order valence-electron chi connectivity index (χ0n) is 22.4. The number of aromatic nitrogens is 4. The van der Waals surface area contributed by atoms with E-state index in [1.807, 2.05) is 4.68 Å². The van der Waals surface area contributed by atoms with Gasteiger partial charge in [-0.1, -0.05) is 19.1 Å². The van der Waals surface area contributed by atoms with Crippen LogP contribution in [-0.2, 0) is 16.1 Å². The molecule has 2 amide bonds. The molecule has 1 N–H and O–H groups in total. The van der Waals surface area contributed by atoms with Gasteiger partial charge in [0.15, 0.2) is 0 Å². The molecule has 0 saturated carbocycles. The van der Waals surface area contributed by atoms with Gasteiger partial charge in [-0.3, -0.25) is 4.98 Å². The number of anilines is 2. The highest BCUT2D eigenvalue weighted by atomic mass is 16.6. The molecule has 3 atom stereocenters. The summed E-state index contributed by atoms with van der Waals surface area (Å²) in [6.07, 6.45) is 3.23. The van der Waals surface area contributed by atoms with Crippen LogP contribution in [0.5, 0.6) is 0 Å². The molecule has 0 radical (unpaired) electrons. The number of aliphatic hydroxyl groups is 1. The second kappa shape index (κ2) is 10.4. The summed E-state index contributed by atoms with van der Waals surface area (Å²) in [6, 6.07) is 1.86. The van der Waals surface area contributed by atoms with Crippen LogP contribution < -0.4 is 9.80 Å². The molecule has 1 saturated heterocycles. The van der Waals surface area contributed by atoms with Gasteiger partial charge in [-0.2, -0.15) is 4.90 Å². The average Bonchev–Trinajstić information content (AvgIpc) is 3.20. The highest BCUT2D eigenvalue weighted by Crippen LogP contribution is 2.38. The first-order valence-corrected chi connectivity index (χ1v) is 12.2. The summed E-state index contributed by atoms with van der Waals surface area (Å²) in [4.78, 5) is 33.7. The third-order valence-corrected chi connectivity index (χ3v) is 5.72. The van der Waals surface area contributed by atoms with E-state index in [1.54, 1.807) is 60.0 Å². The Hall–Kier alpha value is -3.21. The Balaban J connectivity index is 1.95. The van der Waals surface area contributed by atoms with Crippen LogP contribution in [0.1, 0.15) is 67.1 Å². The Morgan fingerprint density at radius 2 is 1.61 bits per heavy atom. The second-order valence-electron chi connectivity index (χ2n) is 11.4. The lowest BCUT2D eigenvalue weighted by atomic mass is 9.85. The fourth-order valence-corrected chi connectivity index (χ4v) is 4.50. The van der Waals surface area contributed by atoms with Crippen molar-refractivity contribution >= 4 is 23.6 Å². The molecule has 0 bridgehead atoms. The molecule has 11 heteroatoms. The molecular weight excluding hydrogens is 464 g/mol. The van der Waals surface area contributed by atoms with Crippen LogP contribution in [0.15, 0.2) is 24.7 Å². The van der Waals surface area contributed by atoms with Crippen LogP contribution in [0.25, 0.3) is 0 Å². The Labute approximate surface area is 212 Å². The van der Waals surface area contributed by atoms with Gasteiger partial charge in [-0.25, -0.2) is 14.3 Å². The Bertz CT molecular complexity index is 1030. The second-order valence-corrected chi connectivity index (χ2v) is 11.4. The number of pyridine rings is 1. The number of carbonyl (C=O) groups excluding carboxylic acids is 2. The van der Waals surface area contributed by atoms with Gasteiger partial charge >= 0.3 is 12.2 Å². The lowest BCUT2D eigenvalue weighted by Gasteiger charge is -2.43. The molecule has 0 aliphatic carbocycles. The normalized spacial score (nSPS) is 20.7. The van der Waals surface area contributed by atoms with E-state index in [0.29, 0.717) is 30.2 Å². The van der Waals surface area contributed by atoms with Crippen molar-refractivity contribution in [1.82, 2.24) is 20.0 Å². The molecule has 1 aliphatic rings. The van der Waals surface area contributed by atoms with Gasteiger partial charge < -0.3 is 19.5 Å². The fraction of sp³-hybridized carbons (Fsp3) is 0.640. The first kappa shape index (κ1) is 27.4. The first-order valence-electron chi connectivity index (χ1n) is 12.2. The Morgan fingerprint density at radius 3 is 2.08 bits per heavy atom. The zero-order chi connectivity index (χ0) is 26.8. The van der Waals surface area contributed by atoms with Gasteiger partial charge in [0.25, 0.3) is 0 Å². The molecule has 3 heterocycles. The predicted molar refractivity (Wildman–Crippen MR) is 135 cm³/mol. The standard InChI is InChI=1S/C25H38N6O5/c1-16-12-29(13-17(2)21(16)30-14-18(15-32)27-28-30)19-9-10-26-11-20(19)31(22(33)35-24(3,4)5)23(34)36-25(6,7)8/h9-11,14,16-17,21,32H,12-13,15H2,1-8H3/t16-,17+,21-. The monoisotopic (exact) mass is 502 g/mol. The maximum atomic E-state index is 13.2. The molecule has 36 heavy (non-hydrogen) atoms. The van der Waals surface area contributed by atoms with Gasteiger partial charge in [-0.05, 0) is 59.4 Å². The summed E-state index contributed by atoms with van der Waals surface area (Å²) in [5.74, 6) is 0.305. The van der Waals surface area contributed by atoms with E-state index in [4.69, 9.17) is 9.47 Å². The summed E-state index contributed by atoms with van der Waals surface area (Å²) in [5, 5.41) is 17.6. The number of aliphatic hydroxyl groups excluding tert-OH is 1. The van der Waals surface area contributed by atoms with Gasteiger partial charge in [0.05, 0.1) is 30.7 Å². The maximum absolute atomic E-state index is 13.2. The van der Waals surface area contributed by atoms with Crippen molar-refractivity contribution in [3.8, 4) is 0 Å². The quantitative estimate of drug-likeness (QED) is 0.656. The van der Waals surface area contributed by atoms with E-state index >= 15 is 0 Å². The van der Waals surface area contributed by atoms with Crippen molar-refractivity contribution in [2.45, 2.75) is 79.2 Å². The first-order chi connectivity index (χ1) is 16.7. The SMILES string of the molecule is C[C@@H]1CN(c2ccncc2N(C(=O)OC(C)(C)C)C(=O)OC(C)(C)C)C[C@H](C)[C@@H]1n1cc(CO)nn1. The number of amides is 2. The highest BCUT2D eigenvalue weighted by Gasteiger charge is 2.38. The van der Waals surface area contributed by atoms with Gasteiger partial charge in [-0.15, -0.1) is 5.10 Å². The molecule has 2 aromatic heterocycles. The lowest BCUT2D eigenvalue weighted by molar-refractivity contribution is 0.0430. The van der Waals surface area contributed by atoms with Crippen LogP contribution in [-0.4, -0.2) is 61.6 Å². The lowest BCUT2D eigenvalue weighted by Crippen LogP contribution is -2.47. The number of carbonyl (C=O) groups is 2. The average molecular weight is 503 g/mol. The molecule has 11 nitrogen and oxygen atoms in total. The molecular formula is C25H38N6O5. The predicted octanol–water partition coefficient (Wildman–Crippen LogP) is 4.18. The largest absolute Gasteiger partial charge is 0.443 e. The summed E-state index contributed by atoms with van der Waals surface area (Å²) in [7, 11) is 0. The van der Waals surface area contributed by atoms with Crippen LogP contribution in [0.4, 0.5) is 21.0 Å². The van der Waals surface area contributed by atoms with Crippen LogP contribution in [0, 0.1) is 11.8 Å². The van der Waals surface area contributed by atoms with E-state index in [9.17, 15) is 14.7 Å². The Morgan fingerprint density at radius 1 is 1.06 bits per heavy atom. The van der Waals surface area contributed by atoms with Crippen molar-refractivity contribution in [3.63, 3.8) is 0 Å². The number of nitrogens with zero attached hydrogens (tertiary/aromatic N) is 6. The minimum absolute atomic E-state index is 0.0761. The van der Waals surface area contributed by atoms with Gasteiger partial charge in [0.1, 0.15) is 22.6 Å². The molecule has 0 unspecified atom stereocenters.